The summed E-state index contributed by atoms with van der Waals surface area (Å²) in [6.45, 7) is 3.70. The molecule has 18 heavy (non-hydrogen) atoms. The zero-order valence-corrected chi connectivity index (χ0v) is 10.5. The molecule has 2 heterocycles. The van der Waals surface area contributed by atoms with Crippen molar-refractivity contribution in [3.05, 3.63) is 28.4 Å². The zero-order chi connectivity index (χ0) is 13.1. The Morgan fingerprint density at radius 2 is 2.33 bits per heavy atom. The van der Waals surface area contributed by atoms with E-state index in [-0.39, 0.29) is 5.69 Å². The smallest absolute Gasteiger partial charge is 0.287 e. The second kappa shape index (κ2) is 5.30. The summed E-state index contributed by atoms with van der Waals surface area (Å²) in [5.41, 5.74) is 5.74. The van der Waals surface area contributed by atoms with E-state index in [2.05, 4.69) is 16.8 Å². The van der Waals surface area contributed by atoms with Crippen molar-refractivity contribution in [2.24, 2.45) is 11.7 Å². The van der Waals surface area contributed by atoms with Crippen LogP contribution in [0.4, 0.5) is 11.5 Å². The molecule has 0 aliphatic carbocycles. The van der Waals surface area contributed by atoms with Gasteiger partial charge in [0.25, 0.3) is 5.69 Å². The number of pyridine rings is 1. The quantitative estimate of drug-likeness (QED) is 0.650. The topological polar surface area (TPSA) is 85.3 Å². The maximum Gasteiger partial charge on any atom is 0.287 e. The Hall–Kier alpha value is -1.69. The second-order valence-corrected chi connectivity index (χ2v) is 4.81. The van der Waals surface area contributed by atoms with E-state index in [0.29, 0.717) is 18.5 Å². The summed E-state index contributed by atoms with van der Waals surface area (Å²) in [6.07, 6.45) is 3.54. The average Bonchev–Trinajstić information content (AvgIpc) is 2.39. The van der Waals surface area contributed by atoms with Gasteiger partial charge in [0, 0.05) is 18.7 Å². The van der Waals surface area contributed by atoms with Gasteiger partial charge < -0.3 is 10.6 Å². The fourth-order valence-electron chi connectivity index (χ4n) is 2.35. The standard InChI is InChI=1S/C12H18N4O2/c1-9-2-3-10(6-13)8-15(9)12-5-4-11(7-14-12)16(17)18/h4-5,7,9-10H,2-3,6,8,13H2,1H3. The monoisotopic (exact) mass is 250 g/mol. The van der Waals surface area contributed by atoms with Crippen LogP contribution in [0.15, 0.2) is 18.3 Å². The van der Waals surface area contributed by atoms with Crippen molar-refractivity contribution in [1.29, 1.82) is 0 Å². The molecule has 1 fully saturated rings. The van der Waals surface area contributed by atoms with Gasteiger partial charge in [-0.25, -0.2) is 4.98 Å². The predicted octanol–water partition coefficient (Wildman–Crippen LogP) is 1.55. The fourth-order valence-corrected chi connectivity index (χ4v) is 2.35. The number of hydrogen-bond acceptors (Lipinski definition) is 5. The van der Waals surface area contributed by atoms with E-state index in [1.165, 1.54) is 12.3 Å². The fraction of sp³-hybridized carbons (Fsp3) is 0.583. The van der Waals surface area contributed by atoms with Crippen LogP contribution in [0.25, 0.3) is 0 Å². The van der Waals surface area contributed by atoms with Crippen LogP contribution < -0.4 is 10.6 Å². The number of nitrogens with zero attached hydrogens (tertiary/aromatic N) is 3. The van der Waals surface area contributed by atoms with Crippen molar-refractivity contribution in [2.45, 2.75) is 25.8 Å². The van der Waals surface area contributed by atoms with Gasteiger partial charge in [0.2, 0.25) is 0 Å². The van der Waals surface area contributed by atoms with Crippen LogP contribution in [0.1, 0.15) is 19.8 Å². The van der Waals surface area contributed by atoms with Gasteiger partial charge in [-0.05, 0) is 38.3 Å². The van der Waals surface area contributed by atoms with Crippen LogP contribution in [0.5, 0.6) is 0 Å². The van der Waals surface area contributed by atoms with Crippen LogP contribution in [0.2, 0.25) is 0 Å². The predicted molar refractivity (Wildman–Crippen MR) is 69.5 cm³/mol. The molecule has 0 spiro atoms. The lowest BCUT2D eigenvalue weighted by molar-refractivity contribution is -0.385. The lowest BCUT2D eigenvalue weighted by Gasteiger charge is -2.38. The van der Waals surface area contributed by atoms with Crippen molar-refractivity contribution in [1.82, 2.24) is 4.98 Å². The van der Waals surface area contributed by atoms with E-state index < -0.39 is 4.92 Å². The molecular formula is C12H18N4O2. The Bertz CT molecular complexity index is 421. The lowest BCUT2D eigenvalue weighted by Crippen LogP contribution is -2.44. The Morgan fingerprint density at radius 1 is 1.56 bits per heavy atom. The van der Waals surface area contributed by atoms with Crippen molar-refractivity contribution >= 4 is 11.5 Å². The van der Waals surface area contributed by atoms with Crippen LogP contribution in [0, 0.1) is 16.0 Å². The minimum absolute atomic E-state index is 0.0267. The maximum absolute atomic E-state index is 10.6. The molecule has 6 heteroatoms. The highest BCUT2D eigenvalue weighted by atomic mass is 16.6. The summed E-state index contributed by atoms with van der Waals surface area (Å²) in [7, 11) is 0. The number of rotatable bonds is 3. The van der Waals surface area contributed by atoms with E-state index in [4.69, 9.17) is 5.73 Å². The van der Waals surface area contributed by atoms with Gasteiger partial charge in [-0.2, -0.15) is 0 Å². The molecule has 0 bridgehead atoms. The van der Waals surface area contributed by atoms with Crippen LogP contribution in [-0.4, -0.2) is 29.0 Å². The Morgan fingerprint density at radius 3 is 2.89 bits per heavy atom. The summed E-state index contributed by atoms with van der Waals surface area (Å²) in [6, 6.07) is 3.62. The van der Waals surface area contributed by atoms with Gasteiger partial charge in [0.1, 0.15) is 12.0 Å². The SMILES string of the molecule is CC1CCC(CN)CN1c1ccc([N+](=O)[O-])cn1. The number of nitrogens with two attached hydrogens (primary N) is 1. The van der Waals surface area contributed by atoms with Gasteiger partial charge in [-0.1, -0.05) is 0 Å². The minimum Gasteiger partial charge on any atom is -0.354 e. The molecular weight excluding hydrogens is 232 g/mol. The molecule has 98 valence electrons. The summed E-state index contributed by atoms with van der Waals surface area (Å²) in [4.78, 5) is 16.5. The van der Waals surface area contributed by atoms with E-state index in [9.17, 15) is 10.1 Å². The van der Waals surface area contributed by atoms with Gasteiger partial charge in [0.15, 0.2) is 0 Å². The van der Waals surface area contributed by atoms with Crippen LogP contribution in [0.3, 0.4) is 0 Å². The molecule has 2 unspecified atom stereocenters. The van der Waals surface area contributed by atoms with E-state index in [0.717, 1.165) is 25.2 Å². The second-order valence-electron chi connectivity index (χ2n) is 4.81. The Kier molecular flexibility index (Phi) is 3.76. The van der Waals surface area contributed by atoms with Crippen molar-refractivity contribution in [3.63, 3.8) is 0 Å². The summed E-state index contributed by atoms with van der Waals surface area (Å²) >= 11 is 0. The van der Waals surface area contributed by atoms with Gasteiger partial charge in [0.05, 0.1) is 4.92 Å². The van der Waals surface area contributed by atoms with Crippen molar-refractivity contribution < 1.29 is 4.92 Å². The van der Waals surface area contributed by atoms with E-state index >= 15 is 0 Å². The third-order valence-electron chi connectivity index (χ3n) is 3.55. The van der Waals surface area contributed by atoms with Crippen LogP contribution >= 0.6 is 0 Å². The van der Waals surface area contributed by atoms with Crippen molar-refractivity contribution in [2.75, 3.05) is 18.0 Å². The molecule has 2 atom stereocenters. The first-order valence-electron chi connectivity index (χ1n) is 6.19. The highest BCUT2D eigenvalue weighted by Gasteiger charge is 2.25. The summed E-state index contributed by atoms with van der Waals surface area (Å²) < 4.78 is 0. The lowest BCUT2D eigenvalue weighted by atomic mass is 9.93. The minimum atomic E-state index is -0.431. The largest absolute Gasteiger partial charge is 0.354 e. The third kappa shape index (κ3) is 2.59. The first kappa shape index (κ1) is 12.8. The molecule has 1 saturated heterocycles. The Labute approximate surface area is 106 Å². The zero-order valence-electron chi connectivity index (χ0n) is 10.5. The first-order valence-corrected chi connectivity index (χ1v) is 6.19. The third-order valence-corrected chi connectivity index (χ3v) is 3.55. The van der Waals surface area contributed by atoms with Crippen LogP contribution in [-0.2, 0) is 0 Å². The number of anilines is 1. The molecule has 0 saturated carbocycles. The number of aromatic nitrogens is 1. The van der Waals surface area contributed by atoms with Gasteiger partial charge in [-0.3, -0.25) is 10.1 Å². The van der Waals surface area contributed by atoms with E-state index in [1.807, 2.05) is 0 Å². The summed E-state index contributed by atoms with van der Waals surface area (Å²) in [5, 5.41) is 10.6. The van der Waals surface area contributed by atoms with Crippen molar-refractivity contribution in [3.8, 4) is 0 Å². The maximum atomic E-state index is 10.6. The first-order chi connectivity index (χ1) is 8.61. The molecule has 1 aromatic rings. The molecule has 0 aromatic carbocycles. The van der Waals surface area contributed by atoms with E-state index in [1.54, 1.807) is 6.07 Å². The molecule has 6 nitrogen and oxygen atoms in total. The molecule has 0 radical (unpaired) electrons. The number of nitro groups is 1. The highest BCUT2D eigenvalue weighted by Crippen LogP contribution is 2.26. The summed E-state index contributed by atoms with van der Waals surface area (Å²) in [5.74, 6) is 1.28. The number of hydrogen-bond donors (Lipinski definition) is 1. The molecule has 1 aliphatic heterocycles. The average molecular weight is 250 g/mol. The van der Waals surface area contributed by atoms with Gasteiger partial charge in [-0.15, -0.1) is 0 Å². The molecule has 1 aromatic heterocycles. The normalized spacial score (nSPS) is 24.0. The molecule has 0 amide bonds. The molecule has 1 aliphatic rings. The Balaban J connectivity index is 2.16. The highest BCUT2D eigenvalue weighted by molar-refractivity contribution is 5.44. The molecule has 2 rings (SSSR count). The molecule has 2 N–H and O–H groups in total. The van der Waals surface area contributed by atoms with Gasteiger partial charge >= 0.3 is 0 Å². The number of piperidine rings is 1.